The molecule has 0 amide bonds. The summed E-state index contributed by atoms with van der Waals surface area (Å²) in [6, 6.07) is 0. The number of nitrogens with two attached hydrogens (primary N) is 1. The average molecular weight is 135 g/mol. The summed E-state index contributed by atoms with van der Waals surface area (Å²) in [5.41, 5.74) is 4.84. The molecule has 0 aromatic rings. The van der Waals surface area contributed by atoms with E-state index in [1.165, 1.54) is 0 Å². The predicted octanol–water partition coefficient (Wildman–Crippen LogP) is -2.25. The summed E-state index contributed by atoms with van der Waals surface area (Å²) < 4.78 is 0. The van der Waals surface area contributed by atoms with Crippen LogP contribution in [0.3, 0.4) is 0 Å². The van der Waals surface area contributed by atoms with Crippen LogP contribution in [-0.2, 0) is 4.79 Å². The second-order valence-electron chi connectivity index (χ2n) is 1.59. The number of hydrogen-bond acceptors (Lipinski definition) is 4. The number of aliphatic hydroxyl groups excluding tert-OH is 2. The van der Waals surface area contributed by atoms with E-state index in [1.54, 1.807) is 0 Å². The van der Waals surface area contributed by atoms with Crippen LogP contribution in [0.15, 0.2) is 0 Å². The number of aliphatic hydroxyl groups is 2. The molecule has 0 saturated heterocycles. The number of carboxylic acids is 1. The fraction of sp³-hybridized carbons (Fsp3) is 0.750. The van der Waals surface area contributed by atoms with Gasteiger partial charge >= 0.3 is 5.97 Å². The Labute approximate surface area is 51.7 Å². The maximum absolute atomic E-state index is 9.83. The Morgan fingerprint density at radius 2 is 2.00 bits per heavy atom. The van der Waals surface area contributed by atoms with Crippen LogP contribution in [0.4, 0.5) is 0 Å². The van der Waals surface area contributed by atoms with E-state index in [0.717, 1.165) is 0 Å². The lowest BCUT2D eigenvalue weighted by Gasteiger charge is -2.09. The van der Waals surface area contributed by atoms with E-state index >= 15 is 0 Å². The van der Waals surface area contributed by atoms with Gasteiger partial charge in [0.15, 0.2) is 6.10 Å². The van der Waals surface area contributed by atoms with Gasteiger partial charge in [-0.15, -0.1) is 0 Å². The van der Waals surface area contributed by atoms with Crippen molar-refractivity contribution >= 4 is 5.97 Å². The van der Waals surface area contributed by atoms with Crippen LogP contribution >= 0.6 is 0 Å². The SMILES string of the molecule is NC[C@@H](O)[C@@H](O)C(=O)O. The molecule has 0 aliphatic heterocycles. The first kappa shape index (κ1) is 8.35. The van der Waals surface area contributed by atoms with Crippen molar-refractivity contribution in [2.45, 2.75) is 12.2 Å². The second kappa shape index (κ2) is 3.39. The molecule has 0 rings (SSSR count). The van der Waals surface area contributed by atoms with Crippen molar-refractivity contribution in [3.8, 4) is 0 Å². The molecule has 0 saturated carbocycles. The third kappa shape index (κ3) is 2.41. The molecule has 0 heterocycles. The Kier molecular flexibility index (Phi) is 3.15. The van der Waals surface area contributed by atoms with Crippen molar-refractivity contribution in [2.24, 2.45) is 5.73 Å². The lowest BCUT2D eigenvalue weighted by molar-refractivity contribution is -0.152. The van der Waals surface area contributed by atoms with Gasteiger partial charge in [-0.3, -0.25) is 0 Å². The Morgan fingerprint density at radius 1 is 1.56 bits per heavy atom. The highest BCUT2D eigenvalue weighted by molar-refractivity contribution is 5.72. The number of hydrogen-bond donors (Lipinski definition) is 4. The van der Waals surface area contributed by atoms with Gasteiger partial charge in [0, 0.05) is 6.54 Å². The number of carboxylic acid groups (broad SMARTS) is 1. The number of carbonyl (C=O) groups is 1. The lowest BCUT2D eigenvalue weighted by atomic mass is 10.2. The Hall–Kier alpha value is -0.650. The molecular formula is C4H9NO4. The molecule has 0 aromatic heterocycles. The van der Waals surface area contributed by atoms with Crippen LogP contribution < -0.4 is 5.73 Å². The molecule has 0 fully saturated rings. The normalized spacial score (nSPS) is 16.8. The van der Waals surface area contributed by atoms with Gasteiger partial charge in [-0.25, -0.2) is 4.79 Å². The monoisotopic (exact) mass is 135 g/mol. The van der Waals surface area contributed by atoms with Gasteiger partial charge in [0.25, 0.3) is 0 Å². The first-order valence-corrected chi connectivity index (χ1v) is 2.38. The molecular weight excluding hydrogens is 126 g/mol. The minimum Gasteiger partial charge on any atom is -0.479 e. The standard InChI is InChI=1S/C4H9NO4/c5-1-2(6)3(7)4(8)9/h2-3,6-7H,1,5H2,(H,8,9)/t2-,3-/m1/s1. The highest BCUT2D eigenvalue weighted by Crippen LogP contribution is 1.89. The van der Waals surface area contributed by atoms with E-state index in [-0.39, 0.29) is 6.54 Å². The van der Waals surface area contributed by atoms with Gasteiger partial charge < -0.3 is 21.1 Å². The van der Waals surface area contributed by atoms with Gasteiger partial charge in [-0.2, -0.15) is 0 Å². The predicted molar refractivity (Wildman–Crippen MR) is 28.7 cm³/mol. The van der Waals surface area contributed by atoms with Gasteiger partial charge in [-0.05, 0) is 0 Å². The van der Waals surface area contributed by atoms with E-state index < -0.39 is 18.2 Å². The topological polar surface area (TPSA) is 104 Å². The number of rotatable bonds is 3. The van der Waals surface area contributed by atoms with E-state index in [4.69, 9.17) is 21.1 Å². The molecule has 54 valence electrons. The van der Waals surface area contributed by atoms with Crippen LogP contribution in [-0.4, -0.2) is 40.0 Å². The van der Waals surface area contributed by atoms with Crippen molar-refractivity contribution in [3.05, 3.63) is 0 Å². The summed E-state index contributed by atoms with van der Waals surface area (Å²) in [5.74, 6) is -1.46. The maximum atomic E-state index is 9.83. The zero-order valence-corrected chi connectivity index (χ0v) is 4.69. The van der Waals surface area contributed by atoms with Gasteiger partial charge in [0.05, 0.1) is 0 Å². The molecule has 5 nitrogen and oxygen atoms in total. The Morgan fingerprint density at radius 3 is 2.11 bits per heavy atom. The number of aliphatic carboxylic acids is 1. The van der Waals surface area contributed by atoms with Crippen molar-refractivity contribution in [1.82, 2.24) is 0 Å². The van der Waals surface area contributed by atoms with Crippen LogP contribution in [0.2, 0.25) is 0 Å². The largest absolute Gasteiger partial charge is 0.479 e. The van der Waals surface area contributed by atoms with E-state index in [0.29, 0.717) is 0 Å². The third-order valence-electron chi connectivity index (χ3n) is 0.859. The summed E-state index contributed by atoms with van der Waals surface area (Å²) in [6.07, 6.45) is -3.14. The third-order valence-corrected chi connectivity index (χ3v) is 0.859. The molecule has 0 aliphatic rings. The van der Waals surface area contributed by atoms with E-state index in [2.05, 4.69) is 0 Å². The zero-order chi connectivity index (χ0) is 7.44. The van der Waals surface area contributed by atoms with Crippen LogP contribution in [0.5, 0.6) is 0 Å². The van der Waals surface area contributed by atoms with E-state index in [9.17, 15) is 4.79 Å². The maximum Gasteiger partial charge on any atom is 0.335 e. The molecule has 0 radical (unpaired) electrons. The van der Waals surface area contributed by atoms with Crippen molar-refractivity contribution < 1.29 is 20.1 Å². The molecule has 5 heteroatoms. The minimum absolute atomic E-state index is 0.256. The molecule has 0 aromatic carbocycles. The van der Waals surface area contributed by atoms with Crippen molar-refractivity contribution in [3.63, 3.8) is 0 Å². The summed E-state index contributed by atoms with van der Waals surface area (Å²) >= 11 is 0. The molecule has 9 heavy (non-hydrogen) atoms. The van der Waals surface area contributed by atoms with E-state index in [1.807, 2.05) is 0 Å². The van der Waals surface area contributed by atoms with Gasteiger partial charge in [0.2, 0.25) is 0 Å². The summed E-state index contributed by atoms with van der Waals surface area (Å²) in [5, 5.41) is 25.0. The van der Waals surface area contributed by atoms with Crippen molar-refractivity contribution in [1.29, 1.82) is 0 Å². The molecule has 0 bridgehead atoms. The zero-order valence-electron chi connectivity index (χ0n) is 4.69. The second-order valence-corrected chi connectivity index (χ2v) is 1.59. The first-order chi connectivity index (χ1) is 4.09. The lowest BCUT2D eigenvalue weighted by Crippen LogP contribution is -2.38. The summed E-state index contributed by atoms with van der Waals surface area (Å²) in [6.45, 7) is -0.256. The van der Waals surface area contributed by atoms with Crippen LogP contribution in [0.1, 0.15) is 0 Å². The fourth-order valence-electron chi connectivity index (χ4n) is 0.293. The Balaban J connectivity index is 3.72. The highest BCUT2D eigenvalue weighted by Gasteiger charge is 2.21. The first-order valence-electron chi connectivity index (χ1n) is 2.38. The highest BCUT2D eigenvalue weighted by atomic mass is 16.4. The molecule has 5 N–H and O–H groups in total. The summed E-state index contributed by atoms with van der Waals surface area (Å²) in [4.78, 5) is 9.83. The molecule has 0 aliphatic carbocycles. The smallest absolute Gasteiger partial charge is 0.335 e. The molecule has 2 atom stereocenters. The average Bonchev–Trinajstić information content (AvgIpc) is 1.84. The van der Waals surface area contributed by atoms with Crippen LogP contribution in [0.25, 0.3) is 0 Å². The molecule has 0 unspecified atom stereocenters. The molecule has 0 spiro atoms. The van der Waals surface area contributed by atoms with Crippen LogP contribution in [0, 0.1) is 0 Å². The Bertz CT molecular complexity index is 105. The minimum atomic E-state index is -1.77. The van der Waals surface area contributed by atoms with Gasteiger partial charge in [-0.1, -0.05) is 0 Å². The summed E-state index contributed by atoms with van der Waals surface area (Å²) in [7, 11) is 0. The fourth-order valence-corrected chi connectivity index (χ4v) is 0.293. The van der Waals surface area contributed by atoms with Crippen molar-refractivity contribution in [2.75, 3.05) is 6.54 Å². The van der Waals surface area contributed by atoms with Gasteiger partial charge in [0.1, 0.15) is 6.10 Å². The quantitative estimate of drug-likeness (QED) is 0.350.